The summed E-state index contributed by atoms with van der Waals surface area (Å²) >= 11 is 6.01. The largest absolute Gasteiger partial charge is 0.423 e. The van der Waals surface area contributed by atoms with E-state index in [2.05, 4.69) is 28.5 Å². The summed E-state index contributed by atoms with van der Waals surface area (Å²) in [5, 5.41) is 28.7. The first-order valence-electron chi connectivity index (χ1n) is 8.50. The number of nitriles is 1. The van der Waals surface area contributed by atoms with Gasteiger partial charge in [0.15, 0.2) is 0 Å². The van der Waals surface area contributed by atoms with E-state index in [1.807, 2.05) is 37.3 Å². The predicted octanol–water partition coefficient (Wildman–Crippen LogP) is 4.57. The first kappa shape index (κ1) is 20.4. The highest BCUT2D eigenvalue weighted by Crippen LogP contribution is 2.26. The normalized spacial score (nSPS) is 9.89. The van der Waals surface area contributed by atoms with Gasteiger partial charge < -0.3 is 14.8 Å². The Bertz CT molecular complexity index is 888. The summed E-state index contributed by atoms with van der Waals surface area (Å²) in [4.78, 5) is 0. The van der Waals surface area contributed by atoms with Gasteiger partial charge in [0.25, 0.3) is 0 Å². The maximum atomic E-state index is 8.81. The third-order valence-corrected chi connectivity index (χ3v) is 4.30. The summed E-state index contributed by atoms with van der Waals surface area (Å²) in [5.74, 6) is 0.490. The van der Waals surface area contributed by atoms with Crippen molar-refractivity contribution in [2.75, 3.05) is 11.9 Å². The number of hydrogen-bond acceptors (Lipinski definition) is 6. The summed E-state index contributed by atoms with van der Waals surface area (Å²) in [6.07, 6.45) is 2.35. The predicted molar refractivity (Wildman–Crippen MR) is 105 cm³/mol. The van der Waals surface area contributed by atoms with Crippen LogP contribution in [-0.4, -0.2) is 21.8 Å². The molecule has 0 amide bonds. The van der Waals surface area contributed by atoms with E-state index >= 15 is 0 Å². The molecule has 0 fully saturated rings. The Morgan fingerprint density at radius 3 is 2.52 bits per heavy atom. The van der Waals surface area contributed by atoms with Gasteiger partial charge >= 0.3 is 0 Å². The minimum atomic E-state index is 0.0457. The van der Waals surface area contributed by atoms with Gasteiger partial charge in [0.1, 0.15) is 6.07 Å². The molecule has 0 aliphatic heterocycles. The lowest BCUT2D eigenvalue weighted by molar-refractivity contribution is 0.282. The van der Waals surface area contributed by atoms with Crippen LogP contribution in [0.5, 0.6) is 0 Å². The Balaban J connectivity index is 0.000000194. The van der Waals surface area contributed by atoms with Crippen molar-refractivity contribution in [3.05, 3.63) is 64.5 Å². The highest BCUT2D eigenvalue weighted by atomic mass is 35.5. The van der Waals surface area contributed by atoms with Gasteiger partial charge in [0, 0.05) is 17.8 Å². The number of nitrogens with one attached hydrogen (secondary N) is 1. The molecule has 27 heavy (non-hydrogen) atoms. The average molecular weight is 385 g/mol. The molecule has 0 atom stereocenters. The number of aromatic nitrogens is 2. The molecule has 6 nitrogen and oxygen atoms in total. The van der Waals surface area contributed by atoms with E-state index in [1.54, 1.807) is 6.07 Å². The van der Waals surface area contributed by atoms with Gasteiger partial charge in [-0.25, -0.2) is 0 Å². The van der Waals surface area contributed by atoms with E-state index in [9.17, 15) is 0 Å². The van der Waals surface area contributed by atoms with Gasteiger partial charge in [0.2, 0.25) is 12.3 Å². The third kappa shape index (κ3) is 5.55. The van der Waals surface area contributed by atoms with Crippen LogP contribution in [-0.2, 0) is 6.61 Å². The first-order chi connectivity index (χ1) is 13.1. The number of hydrogen-bond donors (Lipinski definition) is 2. The first-order valence-corrected chi connectivity index (χ1v) is 8.87. The second-order valence-electron chi connectivity index (χ2n) is 5.74. The summed E-state index contributed by atoms with van der Waals surface area (Å²) < 4.78 is 5.01. The Kier molecular flexibility index (Phi) is 7.80. The van der Waals surface area contributed by atoms with Crippen LogP contribution in [0.4, 0.5) is 5.69 Å². The van der Waals surface area contributed by atoms with E-state index in [-0.39, 0.29) is 6.61 Å². The smallest absolute Gasteiger partial charge is 0.247 e. The number of rotatable bonds is 5. The quantitative estimate of drug-likeness (QED) is 0.669. The van der Waals surface area contributed by atoms with Crippen LogP contribution in [0.3, 0.4) is 0 Å². The van der Waals surface area contributed by atoms with Crippen molar-refractivity contribution in [2.45, 2.75) is 26.9 Å². The van der Waals surface area contributed by atoms with Crippen LogP contribution in [0.15, 0.2) is 47.2 Å². The number of anilines is 1. The van der Waals surface area contributed by atoms with Crippen LogP contribution in [0.1, 0.15) is 30.0 Å². The van der Waals surface area contributed by atoms with Crippen molar-refractivity contribution in [3.63, 3.8) is 0 Å². The standard InChI is InChI=1S/C11H13ClN2.C9H8N2O2/c1-3-6-14-10-5-4-9(7-13)11(12)8(10)2;12-5-7-1-3-8(4-2-7)9-11-10-6-13-9/h4-5,14H,3,6H2,1-2H3;1-4,6,12H,5H2. The lowest BCUT2D eigenvalue weighted by atomic mass is 10.1. The molecule has 0 unspecified atom stereocenters. The van der Waals surface area contributed by atoms with Crippen LogP contribution >= 0.6 is 11.6 Å². The van der Waals surface area contributed by atoms with Crippen molar-refractivity contribution in [2.24, 2.45) is 0 Å². The SMILES string of the molecule is CCCNc1ccc(C#N)c(Cl)c1C.OCc1ccc(-c2nnco2)cc1. The molecule has 2 aromatic carbocycles. The second-order valence-corrected chi connectivity index (χ2v) is 6.12. The van der Waals surface area contributed by atoms with Crippen molar-refractivity contribution >= 4 is 17.3 Å². The molecule has 0 saturated heterocycles. The van der Waals surface area contributed by atoms with E-state index in [0.29, 0.717) is 16.5 Å². The lowest BCUT2D eigenvalue weighted by Gasteiger charge is -2.10. The Hall–Kier alpha value is -2.88. The summed E-state index contributed by atoms with van der Waals surface area (Å²) in [7, 11) is 0. The molecule has 1 aromatic heterocycles. The summed E-state index contributed by atoms with van der Waals surface area (Å²) in [6.45, 7) is 4.99. The Labute approximate surface area is 163 Å². The zero-order valence-corrected chi connectivity index (χ0v) is 16.0. The molecule has 7 heteroatoms. The minimum Gasteiger partial charge on any atom is -0.423 e. The fourth-order valence-corrected chi connectivity index (χ4v) is 2.48. The molecular formula is C20H21ClN4O2. The van der Waals surface area contributed by atoms with E-state index in [4.69, 9.17) is 26.4 Å². The molecule has 0 spiro atoms. The fourth-order valence-electron chi connectivity index (χ4n) is 2.27. The molecule has 1 heterocycles. The van der Waals surface area contributed by atoms with Crippen molar-refractivity contribution in [1.29, 1.82) is 5.26 Å². The topological polar surface area (TPSA) is 95.0 Å². The fraction of sp³-hybridized carbons (Fsp3) is 0.250. The summed E-state index contributed by atoms with van der Waals surface area (Å²) in [5.41, 5.74) is 4.21. The van der Waals surface area contributed by atoms with E-state index in [0.717, 1.165) is 35.3 Å². The van der Waals surface area contributed by atoms with Gasteiger partial charge in [-0.15, -0.1) is 10.2 Å². The molecule has 3 aromatic rings. The highest BCUT2D eigenvalue weighted by molar-refractivity contribution is 6.32. The van der Waals surface area contributed by atoms with E-state index < -0.39 is 0 Å². The Morgan fingerprint density at radius 2 is 1.96 bits per heavy atom. The van der Waals surface area contributed by atoms with Gasteiger partial charge in [-0.2, -0.15) is 5.26 Å². The third-order valence-electron chi connectivity index (χ3n) is 3.82. The molecule has 0 bridgehead atoms. The summed E-state index contributed by atoms with van der Waals surface area (Å²) in [6, 6.07) is 13.0. The number of nitrogens with zero attached hydrogens (tertiary/aromatic N) is 3. The van der Waals surface area contributed by atoms with Gasteiger partial charge in [-0.3, -0.25) is 0 Å². The van der Waals surface area contributed by atoms with Gasteiger partial charge in [0.05, 0.1) is 17.2 Å². The van der Waals surface area contributed by atoms with Gasteiger partial charge in [-0.1, -0.05) is 30.7 Å². The molecular weight excluding hydrogens is 364 g/mol. The van der Waals surface area contributed by atoms with E-state index in [1.165, 1.54) is 6.39 Å². The molecule has 0 aliphatic carbocycles. The molecule has 140 valence electrons. The average Bonchev–Trinajstić information content (AvgIpc) is 3.25. The molecule has 2 N–H and O–H groups in total. The minimum absolute atomic E-state index is 0.0457. The molecule has 0 saturated carbocycles. The van der Waals surface area contributed by atoms with Gasteiger partial charge in [-0.05, 0) is 48.7 Å². The van der Waals surface area contributed by atoms with Crippen molar-refractivity contribution in [3.8, 4) is 17.5 Å². The van der Waals surface area contributed by atoms with Crippen LogP contribution in [0.2, 0.25) is 5.02 Å². The van der Waals surface area contributed by atoms with Crippen LogP contribution in [0.25, 0.3) is 11.5 Å². The molecule has 3 rings (SSSR count). The number of aliphatic hydroxyl groups excluding tert-OH is 1. The van der Waals surface area contributed by atoms with Crippen LogP contribution in [0, 0.1) is 18.3 Å². The van der Waals surface area contributed by atoms with Crippen LogP contribution < -0.4 is 5.32 Å². The monoisotopic (exact) mass is 384 g/mol. The molecule has 0 radical (unpaired) electrons. The molecule has 0 aliphatic rings. The van der Waals surface area contributed by atoms with Crippen molar-refractivity contribution < 1.29 is 9.52 Å². The lowest BCUT2D eigenvalue weighted by Crippen LogP contribution is -2.02. The number of benzene rings is 2. The maximum Gasteiger partial charge on any atom is 0.247 e. The maximum absolute atomic E-state index is 8.81. The second kappa shape index (κ2) is 10.3. The number of aliphatic hydroxyl groups is 1. The highest BCUT2D eigenvalue weighted by Gasteiger charge is 2.06. The zero-order chi connectivity index (χ0) is 19.6. The number of halogens is 1. The zero-order valence-electron chi connectivity index (χ0n) is 15.2. The Morgan fingerprint density at radius 1 is 1.22 bits per heavy atom. The van der Waals surface area contributed by atoms with Crippen molar-refractivity contribution in [1.82, 2.24) is 10.2 Å².